The fourth-order valence-electron chi connectivity index (χ4n) is 2.78. The molecule has 1 heterocycles. The number of carboxylic acid groups (broad SMARTS) is 1. The molecule has 0 radical (unpaired) electrons. The number of benzene rings is 2. The molecule has 0 amide bonds. The van der Waals surface area contributed by atoms with Crippen LogP contribution in [0.1, 0.15) is 17.7 Å². The number of hydrogen-bond acceptors (Lipinski definition) is 5. The molecule has 24 heavy (non-hydrogen) atoms. The number of hydrogen-bond donors (Lipinski definition) is 1. The van der Waals surface area contributed by atoms with Crippen molar-refractivity contribution in [2.75, 3.05) is 0 Å². The molecule has 0 aliphatic carbocycles. The second-order valence-electron chi connectivity index (χ2n) is 5.39. The number of para-hydroxylation sites is 2. The number of rotatable bonds is 3. The second kappa shape index (κ2) is 6.45. The van der Waals surface area contributed by atoms with E-state index >= 15 is 0 Å². The summed E-state index contributed by atoms with van der Waals surface area (Å²) in [6.45, 7) is 1.66. The van der Waals surface area contributed by atoms with Crippen LogP contribution in [-0.2, 0) is 4.79 Å². The van der Waals surface area contributed by atoms with E-state index in [1.165, 1.54) is 17.8 Å². The van der Waals surface area contributed by atoms with Crippen LogP contribution in [-0.4, -0.2) is 21.7 Å². The van der Waals surface area contributed by atoms with Crippen LogP contribution in [0.2, 0.25) is 0 Å². The molecule has 0 fully saturated rings. The molecule has 0 bridgehead atoms. The van der Waals surface area contributed by atoms with E-state index in [2.05, 4.69) is 4.99 Å². The average Bonchev–Trinajstić information content (AvgIpc) is 2.70. The Morgan fingerprint density at radius 1 is 1.21 bits per heavy atom. The number of fused-ring (bicyclic) bond motifs is 1. The molecule has 1 N–H and O–H groups in total. The normalized spacial score (nSPS) is 19.8. The quantitative estimate of drug-likeness (QED) is 0.665. The fraction of sp³-hybridized carbons (Fsp3) is 0.176. The van der Waals surface area contributed by atoms with Crippen LogP contribution >= 0.6 is 11.8 Å². The summed E-state index contributed by atoms with van der Waals surface area (Å²) < 4.78 is 0. The summed E-state index contributed by atoms with van der Waals surface area (Å²) in [5.74, 6) is -1.98. The number of thioether (sulfide) groups is 1. The van der Waals surface area contributed by atoms with Gasteiger partial charge in [-0.1, -0.05) is 30.3 Å². The van der Waals surface area contributed by atoms with Crippen molar-refractivity contribution in [1.82, 2.24) is 0 Å². The lowest BCUT2D eigenvalue weighted by Crippen LogP contribution is -2.27. The number of carbonyl (C=O) groups is 1. The molecule has 2 aromatic carbocycles. The van der Waals surface area contributed by atoms with Crippen LogP contribution in [0.4, 0.5) is 11.4 Å². The van der Waals surface area contributed by atoms with Crippen molar-refractivity contribution in [2.24, 2.45) is 10.9 Å². The number of nitro benzene ring substituents is 1. The van der Waals surface area contributed by atoms with E-state index in [0.717, 1.165) is 4.90 Å². The van der Waals surface area contributed by atoms with Gasteiger partial charge in [0.25, 0.3) is 5.69 Å². The van der Waals surface area contributed by atoms with Crippen molar-refractivity contribution >= 4 is 34.8 Å². The third-order valence-electron chi connectivity index (χ3n) is 3.87. The maximum absolute atomic E-state index is 11.9. The van der Waals surface area contributed by atoms with Gasteiger partial charge in [-0.05, 0) is 19.1 Å². The first-order valence-electron chi connectivity index (χ1n) is 7.26. The molecule has 3 rings (SSSR count). The van der Waals surface area contributed by atoms with Gasteiger partial charge in [0, 0.05) is 22.2 Å². The molecule has 2 aromatic rings. The lowest BCUT2D eigenvalue weighted by molar-refractivity contribution is -0.385. The fourth-order valence-corrected chi connectivity index (χ4v) is 4.22. The Morgan fingerprint density at radius 3 is 2.58 bits per heavy atom. The summed E-state index contributed by atoms with van der Waals surface area (Å²) in [5.41, 5.74) is 1.44. The van der Waals surface area contributed by atoms with Gasteiger partial charge in [0.2, 0.25) is 0 Å². The van der Waals surface area contributed by atoms with Crippen LogP contribution in [0, 0.1) is 16.0 Å². The Bertz CT molecular complexity index is 850. The zero-order valence-electron chi connectivity index (χ0n) is 12.7. The minimum absolute atomic E-state index is 0.0755. The summed E-state index contributed by atoms with van der Waals surface area (Å²) >= 11 is 1.30. The smallest absolute Gasteiger partial charge is 0.313 e. The van der Waals surface area contributed by atoms with Crippen molar-refractivity contribution in [3.8, 4) is 0 Å². The van der Waals surface area contributed by atoms with Gasteiger partial charge in [-0.25, -0.2) is 0 Å². The highest BCUT2D eigenvalue weighted by molar-refractivity contribution is 7.99. The highest BCUT2D eigenvalue weighted by atomic mass is 32.2. The van der Waals surface area contributed by atoms with E-state index in [9.17, 15) is 20.0 Å². The second-order valence-corrected chi connectivity index (χ2v) is 6.57. The number of nitro groups is 1. The first kappa shape index (κ1) is 16.2. The molecule has 0 saturated heterocycles. The topological polar surface area (TPSA) is 92.8 Å². The van der Waals surface area contributed by atoms with Gasteiger partial charge in [0.15, 0.2) is 0 Å². The molecule has 1 aliphatic rings. The minimum atomic E-state index is -1.04. The summed E-state index contributed by atoms with van der Waals surface area (Å²) in [7, 11) is 0. The Hall–Kier alpha value is -2.67. The zero-order chi connectivity index (χ0) is 17.3. The lowest BCUT2D eigenvalue weighted by Gasteiger charge is -2.21. The SMILES string of the molecule is CC1=Nc2ccccc2SC(c2ccccc2[N+](=O)[O-])C1C(=O)O. The van der Waals surface area contributed by atoms with Crippen molar-refractivity contribution in [2.45, 2.75) is 17.1 Å². The van der Waals surface area contributed by atoms with Gasteiger partial charge in [0.1, 0.15) is 5.92 Å². The third kappa shape index (κ3) is 2.90. The van der Waals surface area contributed by atoms with Crippen molar-refractivity contribution in [3.05, 3.63) is 64.2 Å². The molecule has 0 saturated carbocycles. The third-order valence-corrected chi connectivity index (χ3v) is 5.25. The summed E-state index contributed by atoms with van der Waals surface area (Å²) in [5, 5.41) is 20.5. The van der Waals surface area contributed by atoms with E-state index in [1.54, 1.807) is 25.1 Å². The predicted molar refractivity (Wildman–Crippen MR) is 92.0 cm³/mol. The molecule has 0 aromatic heterocycles. The molecular formula is C17H14N2O4S. The Kier molecular flexibility index (Phi) is 4.35. The predicted octanol–water partition coefficient (Wildman–Crippen LogP) is 4.24. The Morgan fingerprint density at radius 2 is 1.88 bits per heavy atom. The van der Waals surface area contributed by atoms with Crippen LogP contribution in [0.25, 0.3) is 0 Å². The number of carboxylic acids is 1. The van der Waals surface area contributed by atoms with Crippen LogP contribution in [0.3, 0.4) is 0 Å². The summed E-state index contributed by atoms with van der Waals surface area (Å²) in [6.07, 6.45) is 0. The van der Waals surface area contributed by atoms with E-state index in [4.69, 9.17) is 0 Å². The van der Waals surface area contributed by atoms with Crippen molar-refractivity contribution in [3.63, 3.8) is 0 Å². The Balaban J connectivity index is 2.20. The average molecular weight is 342 g/mol. The maximum Gasteiger partial charge on any atom is 0.313 e. The van der Waals surface area contributed by atoms with Crippen LogP contribution in [0.15, 0.2) is 58.4 Å². The van der Waals surface area contributed by atoms with Gasteiger partial charge in [-0.15, -0.1) is 11.8 Å². The van der Waals surface area contributed by atoms with E-state index in [-0.39, 0.29) is 5.69 Å². The molecule has 2 atom stereocenters. The van der Waals surface area contributed by atoms with E-state index in [0.29, 0.717) is 17.0 Å². The number of nitrogens with zero attached hydrogens (tertiary/aromatic N) is 2. The monoisotopic (exact) mass is 342 g/mol. The van der Waals surface area contributed by atoms with Gasteiger partial charge in [-0.3, -0.25) is 19.9 Å². The molecule has 7 heteroatoms. The number of aliphatic carboxylic acids is 1. The van der Waals surface area contributed by atoms with Crippen molar-refractivity contribution < 1.29 is 14.8 Å². The standard InChI is InChI=1S/C17H14N2O4S/c1-10-15(17(20)21)16(11-6-2-4-8-13(11)19(22)23)24-14-9-5-3-7-12(14)18-10/h2-9,15-16H,1H3,(H,20,21). The lowest BCUT2D eigenvalue weighted by atomic mass is 9.93. The molecule has 0 spiro atoms. The van der Waals surface area contributed by atoms with Gasteiger partial charge < -0.3 is 5.11 Å². The van der Waals surface area contributed by atoms with Gasteiger partial charge >= 0.3 is 5.97 Å². The first-order chi connectivity index (χ1) is 11.5. The minimum Gasteiger partial charge on any atom is -0.481 e. The summed E-state index contributed by atoms with van der Waals surface area (Å²) in [6, 6.07) is 13.6. The summed E-state index contributed by atoms with van der Waals surface area (Å²) in [4.78, 5) is 28.0. The molecule has 1 aliphatic heterocycles. The molecule has 6 nitrogen and oxygen atoms in total. The van der Waals surface area contributed by atoms with Crippen LogP contribution in [0.5, 0.6) is 0 Å². The molecule has 2 unspecified atom stereocenters. The highest BCUT2D eigenvalue weighted by Crippen LogP contribution is 2.49. The van der Waals surface area contributed by atoms with Gasteiger partial charge in [-0.2, -0.15) is 0 Å². The van der Waals surface area contributed by atoms with E-state index < -0.39 is 22.1 Å². The van der Waals surface area contributed by atoms with Crippen molar-refractivity contribution in [1.29, 1.82) is 0 Å². The molecular weight excluding hydrogens is 328 g/mol. The number of aliphatic imine (C=N–C) groups is 1. The van der Waals surface area contributed by atoms with Gasteiger partial charge in [0.05, 0.1) is 15.9 Å². The largest absolute Gasteiger partial charge is 0.481 e. The van der Waals surface area contributed by atoms with Crippen LogP contribution < -0.4 is 0 Å². The molecule has 122 valence electrons. The first-order valence-corrected chi connectivity index (χ1v) is 8.14. The highest BCUT2D eigenvalue weighted by Gasteiger charge is 2.38. The van der Waals surface area contributed by atoms with E-state index in [1.807, 2.05) is 24.3 Å². The maximum atomic E-state index is 11.9. The zero-order valence-corrected chi connectivity index (χ0v) is 13.6. The Labute approximate surface area is 142 Å².